The topological polar surface area (TPSA) is 374 Å². The highest BCUT2D eigenvalue weighted by Gasteiger charge is 2.68. The first kappa shape index (κ1) is 61.2. The average molecular weight is 1110 g/mol. The predicted octanol–water partition coefficient (Wildman–Crippen LogP) is -1.30. The summed E-state index contributed by atoms with van der Waals surface area (Å²) in [5, 5.41) is 151. The molecule has 14 N–H and O–H groups in total. The minimum absolute atomic E-state index is 0.00590. The number of fused-ring (bicyclic) bond motifs is 5. The maximum atomic E-state index is 12.8. The lowest BCUT2D eigenvalue weighted by molar-refractivity contribution is -0.414. The summed E-state index contributed by atoms with van der Waals surface area (Å²) in [7, 11) is 0. The van der Waals surface area contributed by atoms with Crippen molar-refractivity contribution >= 4 is 5.97 Å². The second-order valence-corrected chi connectivity index (χ2v) is 25.4. The molecule has 0 unspecified atom stereocenters. The minimum atomic E-state index is -2.03. The number of allylic oxidation sites excluding steroid dienone is 3. The highest BCUT2D eigenvalue weighted by molar-refractivity contribution is 5.88. The van der Waals surface area contributed by atoms with Gasteiger partial charge in [0.1, 0.15) is 91.6 Å². The van der Waals surface area contributed by atoms with Gasteiger partial charge in [0.25, 0.3) is 0 Å². The van der Waals surface area contributed by atoms with Gasteiger partial charge < -0.3 is 109 Å². The summed E-state index contributed by atoms with van der Waals surface area (Å²) in [5.41, 5.74) is -0.381. The zero-order valence-electron chi connectivity index (χ0n) is 45.4. The molecule has 0 aromatic carbocycles. The summed E-state index contributed by atoms with van der Waals surface area (Å²) in [6, 6.07) is 0. The molecule has 0 aromatic heterocycles. The Bertz CT molecular complexity index is 2100. The fraction of sp³-hybridized carbons (Fsp3) is 0.907. The van der Waals surface area contributed by atoms with E-state index in [1.165, 1.54) is 6.92 Å². The maximum absolute atomic E-state index is 12.8. The van der Waals surface area contributed by atoms with Gasteiger partial charge in [-0.1, -0.05) is 66.2 Å². The van der Waals surface area contributed by atoms with Gasteiger partial charge in [-0.25, -0.2) is 4.79 Å². The third kappa shape index (κ3) is 10.8. The quantitative estimate of drug-likeness (QED) is 0.0631. The molecular formula is C54H88O23. The molecule has 0 radical (unpaired) electrons. The summed E-state index contributed by atoms with van der Waals surface area (Å²) >= 11 is 0. The molecule has 4 aliphatic carbocycles. The SMILES string of the molecule is C[C@@H]1O[C@@H](O[C@H]2[C@H](O[C@@H]3O[C@H](CO)[C@@H](O)[C@H](O)[C@H]3O)[C@@H](O[C@@H]3O[C@H](CO)[C@@H](O)[C@H](O)[C@H]3O)[C@H](O[C@H]3CC[C@]4(C)[C@H]5CC=C6[C@H](CC(C)(C)CCO)C(C(=O)O)=CC[C@@]6(C)[C@]5(C)CC[C@H]4C3(C)C)O[C@@H]2CO)[C@H](O)[C@H](O)[C@H]1O. The molecule has 0 aromatic rings. The van der Waals surface area contributed by atoms with Gasteiger partial charge in [-0.2, -0.15) is 0 Å². The van der Waals surface area contributed by atoms with Gasteiger partial charge in [-0.05, 0) is 97.2 Å². The van der Waals surface area contributed by atoms with E-state index in [1.807, 2.05) is 6.08 Å². The van der Waals surface area contributed by atoms with Crippen molar-refractivity contribution in [3.63, 3.8) is 0 Å². The molecule has 0 amide bonds. The molecule has 442 valence electrons. The summed E-state index contributed by atoms with van der Waals surface area (Å²) in [5.74, 6) is -1.10. The second-order valence-electron chi connectivity index (χ2n) is 25.4. The van der Waals surface area contributed by atoms with E-state index >= 15 is 0 Å². The standard InChI is InChI=1S/C54H88O23/c1-23-33(59)36(62)39(65)46(70-23)75-42-29(22-58)73-49(44(77-48-41(67)38(64)35(61)28(21-57)72-48)43(42)76-47-40(66)37(63)34(60)27(20-56)71-47)74-32-13-14-52(6)30(51(32,4)5)12-16-54(8)31(52)10-9-26-25(19-50(2,3)17-18-55)24(45(68)69)11-15-53(26,54)7/h9,11,23,25,27-44,46-49,55-67H,10,12-22H2,1-8H3,(H,68,69)/t23-,25+,27+,28+,29+,30-,31+,32-,33-,34+,35+,36+,37-,38-,39+,40+,41+,42+,43-,44+,46-,47-,48-,49-,52-,53+,54+/m0/s1. The maximum Gasteiger partial charge on any atom is 0.331 e. The number of carbonyl (C=O) groups is 1. The van der Waals surface area contributed by atoms with Gasteiger partial charge in [0.2, 0.25) is 0 Å². The van der Waals surface area contributed by atoms with E-state index in [4.69, 9.17) is 37.9 Å². The summed E-state index contributed by atoms with van der Waals surface area (Å²) in [6.45, 7) is 14.2. The molecule has 4 saturated heterocycles. The molecule has 23 heteroatoms. The van der Waals surface area contributed by atoms with Crippen molar-refractivity contribution in [1.82, 2.24) is 0 Å². The Kier molecular flexibility index (Phi) is 18.3. The van der Waals surface area contributed by atoms with Crippen LogP contribution >= 0.6 is 0 Å². The number of hydrogen-bond donors (Lipinski definition) is 14. The number of rotatable bonds is 16. The van der Waals surface area contributed by atoms with Crippen molar-refractivity contribution in [2.45, 2.75) is 236 Å². The van der Waals surface area contributed by atoms with E-state index in [2.05, 4.69) is 54.5 Å². The Hall–Kier alpha value is -1.89. The molecule has 6 fully saturated rings. The van der Waals surface area contributed by atoms with E-state index in [9.17, 15) is 76.3 Å². The normalized spacial score (nSPS) is 50.1. The lowest BCUT2D eigenvalue weighted by Gasteiger charge is -2.70. The molecule has 27 atom stereocenters. The van der Waals surface area contributed by atoms with Crippen LogP contribution in [0.5, 0.6) is 0 Å². The third-order valence-corrected chi connectivity index (χ3v) is 20.2. The molecule has 8 rings (SSSR count). The Morgan fingerprint density at radius 3 is 1.68 bits per heavy atom. The van der Waals surface area contributed by atoms with Crippen molar-refractivity contribution in [2.75, 3.05) is 26.4 Å². The van der Waals surface area contributed by atoms with E-state index in [0.717, 1.165) is 18.4 Å². The fourth-order valence-corrected chi connectivity index (χ4v) is 15.4. The van der Waals surface area contributed by atoms with Crippen molar-refractivity contribution in [2.24, 2.45) is 44.8 Å². The van der Waals surface area contributed by atoms with E-state index in [-0.39, 0.29) is 46.0 Å². The molecule has 77 heavy (non-hydrogen) atoms. The predicted molar refractivity (Wildman–Crippen MR) is 265 cm³/mol. The first-order valence-corrected chi connectivity index (χ1v) is 27.5. The number of aliphatic carboxylic acids is 1. The number of carboxylic acid groups (broad SMARTS) is 1. The van der Waals surface area contributed by atoms with Gasteiger partial charge >= 0.3 is 5.97 Å². The lowest BCUT2D eigenvalue weighted by Crippen LogP contribution is -2.69. The zero-order chi connectivity index (χ0) is 56.6. The fourth-order valence-electron chi connectivity index (χ4n) is 15.4. The van der Waals surface area contributed by atoms with Crippen molar-refractivity contribution < 1.29 is 114 Å². The number of ether oxygens (including phenoxy) is 8. The van der Waals surface area contributed by atoms with Crippen LogP contribution in [0.3, 0.4) is 0 Å². The van der Waals surface area contributed by atoms with Crippen LogP contribution in [-0.2, 0) is 42.7 Å². The summed E-state index contributed by atoms with van der Waals surface area (Å²) in [4.78, 5) is 12.8. The molecule has 0 spiro atoms. The van der Waals surface area contributed by atoms with Crippen LogP contribution in [0, 0.1) is 44.8 Å². The molecule has 4 aliphatic heterocycles. The van der Waals surface area contributed by atoms with Gasteiger partial charge in [-0.15, -0.1) is 0 Å². The van der Waals surface area contributed by atoms with Gasteiger partial charge in [0, 0.05) is 18.1 Å². The van der Waals surface area contributed by atoms with Crippen LogP contribution in [0.25, 0.3) is 0 Å². The summed E-state index contributed by atoms with van der Waals surface area (Å²) in [6.07, 6.45) is -26.4. The van der Waals surface area contributed by atoms with E-state index in [1.54, 1.807) is 0 Å². The van der Waals surface area contributed by atoms with Gasteiger partial charge in [0.05, 0.1) is 32.0 Å². The number of aliphatic hydroxyl groups is 13. The molecular weight excluding hydrogens is 1020 g/mol. The Morgan fingerprint density at radius 2 is 1.13 bits per heavy atom. The Balaban J connectivity index is 1.15. The molecule has 0 bridgehead atoms. The van der Waals surface area contributed by atoms with Crippen molar-refractivity contribution in [3.05, 3.63) is 23.3 Å². The number of carboxylic acids is 1. The average Bonchev–Trinajstić information content (AvgIpc) is 3.43. The van der Waals surface area contributed by atoms with Gasteiger partial charge in [-0.3, -0.25) is 0 Å². The summed E-state index contributed by atoms with van der Waals surface area (Å²) < 4.78 is 50.4. The monoisotopic (exact) mass is 1100 g/mol. The van der Waals surface area contributed by atoms with Crippen LogP contribution < -0.4 is 0 Å². The smallest absolute Gasteiger partial charge is 0.331 e. The number of hydrogen-bond acceptors (Lipinski definition) is 22. The Morgan fingerprint density at radius 1 is 0.610 bits per heavy atom. The van der Waals surface area contributed by atoms with Crippen molar-refractivity contribution in [1.29, 1.82) is 0 Å². The molecule has 4 heterocycles. The first-order chi connectivity index (χ1) is 36.0. The third-order valence-electron chi connectivity index (χ3n) is 20.2. The Labute approximate surface area is 449 Å². The highest BCUT2D eigenvalue weighted by Crippen LogP contribution is 2.73. The second kappa shape index (κ2) is 23.0. The zero-order valence-corrected chi connectivity index (χ0v) is 45.4. The first-order valence-electron chi connectivity index (χ1n) is 27.5. The molecule has 23 nitrogen and oxygen atoms in total. The van der Waals surface area contributed by atoms with Crippen LogP contribution in [0.15, 0.2) is 23.3 Å². The largest absolute Gasteiger partial charge is 0.478 e. The van der Waals surface area contributed by atoms with Crippen LogP contribution in [0.2, 0.25) is 0 Å². The molecule has 8 aliphatic rings. The number of aliphatic hydroxyl groups excluding tert-OH is 13. The lowest BCUT2D eigenvalue weighted by atomic mass is 9.35. The van der Waals surface area contributed by atoms with Crippen LogP contribution in [-0.4, -0.2) is 233 Å². The van der Waals surface area contributed by atoms with Gasteiger partial charge in [0.15, 0.2) is 25.2 Å². The molecule has 2 saturated carbocycles. The minimum Gasteiger partial charge on any atom is -0.478 e. The van der Waals surface area contributed by atoms with E-state index < -0.39 is 160 Å². The van der Waals surface area contributed by atoms with Crippen molar-refractivity contribution in [3.8, 4) is 0 Å². The van der Waals surface area contributed by atoms with Crippen LogP contribution in [0.4, 0.5) is 0 Å². The van der Waals surface area contributed by atoms with E-state index in [0.29, 0.717) is 44.1 Å². The van der Waals surface area contributed by atoms with Crippen LogP contribution in [0.1, 0.15) is 107 Å². The highest BCUT2D eigenvalue weighted by atomic mass is 16.8.